The van der Waals surface area contributed by atoms with E-state index in [0.717, 1.165) is 16.7 Å². The summed E-state index contributed by atoms with van der Waals surface area (Å²) in [4.78, 5) is 17.8. The van der Waals surface area contributed by atoms with Gasteiger partial charge in [-0.3, -0.25) is 4.98 Å². The molecule has 8 heteroatoms. The molecule has 3 N–H and O–H groups in total. The van der Waals surface area contributed by atoms with Crippen molar-refractivity contribution in [3.63, 3.8) is 0 Å². The molecular formula is C18H25N7O. The summed E-state index contributed by atoms with van der Waals surface area (Å²) < 4.78 is 2.00. The van der Waals surface area contributed by atoms with Gasteiger partial charge in [0, 0.05) is 25.0 Å². The van der Waals surface area contributed by atoms with Gasteiger partial charge in [0.15, 0.2) is 17.0 Å². The molecule has 0 aliphatic heterocycles. The molecule has 138 valence electrons. The van der Waals surface area contributed by atoms with Gasteiger partial charge in [0.05, 0.1) is 18.5 Å². The van der Waals surface area contributed by atoms with Crippen LogP contribution in [0.5, 0.6) is 0 Å². The first-order chi connectivity index (χ1) is 12.5. The van der Waals surface area contributed by atoms with Crippen molar-refractivity contribution in [2.24, 2.45) is 0 Å². The molecule has 0 aliphatic rings. The Hall–Kier alpha value is -2.74. The van der Waals surface area contributed by atoms with Gasteiger partial charge in [-0.25, -0.2) is 4.98 Å². The largest absolute Gasteiger partial charge is 0.391 e. The van der Waals surface area contributed by atoms with Gasteiger partial charge in [0.25, 0.3) is 0 Å². The zero-order chi connectivity index (χ0) is 18.7. The van der Waals surface area contributed by atoms with E-state index >= 15 is 0 Å². The van der Waals surface area contributed by atoms with Crippen molar-refractivity contribution in [1.29, 1.82) is 0 Å². The second-order valence-electron chi connectivity index (χ2n) is 6.70. The summed E-state index contributed by atoms with van der Waals surface area (Å²) in [7, 11) is 0. The smallest absolute Gasteiger partial charge is 0.227 e. The quantitative estimate of drug-likeness (QED) is 0.599. The van der Waals surface area contributed by atoms with Crippen molar-refractivity contribution >= 4 is 22.9 Å². The molecule has 0 saturated carbocycles. The number of fused-ring (bicyclic) bond motifs is 1. The fourth-order valence-corrected chi connectivity index (χ4v) is 2.49. The van der Waals surface area contributed by atoms with Crippen LogP contribution in [0.2, 0.25) is 0 Å². The molecule has 3 heterocycles. The minimum Gasteiger partial charge on any atom is -0.391 e. The van der Waals surface area contributed by atoms with Crippen molar-refractivity contribution in [3.8, 4) is 0 Å². The van der Waals surface area contributed by atoms with E-state index in [1.165, 1.54) is 0 Å². The van der Waals surface area contributed by atoms with Gasteiger partial charge in [0.1, 0.15) is 0 Å². The van der Waals surface area contributed by atoms with Crippen LogP contribution in [0.1, 0.15) is 39.3 Å². The maximum absolute atomic E-state index is 9.76. The highest BCUT2D eigenvalue weighted by atomic mass is 16.3. The van der Waals surface area contributed by atoms with Gasteiger partial charge in [-0.15, -0.1) is 0 Å². The van der Waals surface area contributed by atoms with E-state index in [4.69, 9.17) is 0 Å². The Bertz CT molecular complexity index is 861. The molecular weight excluding hydrogens is 330 g/mol. The maximum Gasteiger partial charge on any atom is 0.227 e. The van der Waals surface area contributed by atoms with Crippen LogP contribution in [-0.2, 0) is 6.54 Å². The number of imidazole rings is 1. The highest BCUT2D eigenvalue weighted by Crippen LogP contribution is 2.24. The molecule has 3 rings (SSSR count). The number of aromatic nitrogens is 5. The topological polar surface area (TPSA) is 101 Å². The summed E-state index contributed by atoms with van der Waals surface area (Å²) in [5.74, 6) is 1.11. The molecule has 0 fully saturated rings. The van der Waals surface area contributed by atoms with E-state index in [1.807, 2.05) is 29.8 Å². The molecule has 0 saturated heterocycles. The molecule has 0 bridgehead atoms. The van der Waals surface area contributed by atoms with Crippen molar-refractivity contribution < 1.29 is 5.11 Å². The number of anilines is 2. The van der Waals surface area contributed by atoms with Gasteiger partial charge in [-0.05, 0) is 39.3 Å². The standard InChI is InChI=1S/C18H25N7O/c1-11(2)25-10-21-15-16(20-9-14-6-5-7-19-8-14)23-18(24-17(15)25)22-12(3)13(4)26/h5-8,10-13,26H,9H2,1-4H3,(H2,20,22,23,24)/t12-,13-/m1/s1. The summed E-state index contributed by atoms with van der Waals surface area (Å²) in [5, 5.41) is 16.3. The molecule has 0 spiro atoms. The van der Waals surface area contributed by atoms with E-state index < -0.39 is 6.10 Å². The van der Waals surface area contributed by atoms with Gasteiger partial charge < -0.3 is 20.3 Å². The normalized spacial score (nSPS) is 13.8. The number of hydrogen-bond acceptors (Lipinski definition) is 7. The number of aliphatic hydroxyl groups excluding tert-OH is 1. The first-order valence-corrected chi connectivity index (χ1v) is 8.77. The lowest BCUT2D eigenvalue weighted by Gasteiger charge is -2.18. The second-order valence-corrected chi connectivity index (χ2v) is 6.70. The summed E-state index contributed by atoms with van der Waals surface area (Å²) >= 11 is 0. The zero-order valence-corrected chi connectivity index (χ0v) is 15.5. The lowest BCUT2D eigenvalue weighted by atomic mass is 10.2. The Morgan fingerprint density at radius 3 is 2.65 bits per heavy atom. The molecule has 0 amide bonds. The Kier molecular flexibility index (Phi) is 5.32. The highest BCUT2D eigenvalue weighted by molar-refractivity contribution is 5.84. The fourth-order valence-electron chi connectivity index (χ4n) is 2.49. The van der Waals surface area contributed by atoms with Crippen LogP contribution in [0, 0.1) is 0 Å². The Balaban J connectivity index is 1.96. The summed E-state index contributed by atoms with van der Waals surface area (Å²) in [5.41, 5.74) is 2.52. The van der Waals surface area contributed by atoms with Gasteiger partial charge >= 0.3 is 0 Å². The average Bonchev–Trinajstić information content (AvgIpc) is 3.04. The lowest BCUT2D eigenvalue weighted by Crippen LogP contribution is -2.29. The van der Waals surface area contributed by atoms with Crippen molar-refractivity contribution in [2.45, 2.75) is 52.4 Å². The molecule has 8 nitrogen and oxygen atoms in total. The van der Waals surface area contributed by atoms with E-state index in [0.29, 0.717) is 18.3 Å². The fraction of sp³-hybridized carbons (Fsp3) is 0.444. The van der Waals surface area contributed by atoms with Crippen LogP contribution in [0.4, 0.5) is 11.8 Å². The predicted molar refractivity (Wildman–Crippen MR) is 102 cm³/mol. The monoisotopic (exact) mass is 355 g/mol. The van der Waals surface area contributed by atoms with Crippen LogP contribution in [0.25, 0.3) is 11.2 Å². The maximum atomic E-state index is 9.76. The van der Waals surface area contributed by atoms with Crippen LogP contribution < -0.4 is 10.6 Å². The number of nitrogens with one attached hydrogen (secondary N) is 2. The number of nitrogens with zero attached hydrogens (tertiary/aromatic N) is 5. The Morgan fingerprint density at radius 1 is 1.19 bits per heavy atom. The van der Waals surface area contributed by atoms with Crippen LogP contribution in [0.15, 0.2) is 30.9 Å². The average molecular weight is 355 g/mol. The van der Waals surface area contributed by atoms with Gasteiger partial charge in [0.2, 0.25) is 5.95 Å². The number of aliphatic hydroxyl groups is 1. The summed E-state index contributed by atoms with van der Waals surface area (Å²) in [6.45, 7) is 8.37. The Morgan fingerprint density at radius 2 is 2.00 bits per heavy atom. The SMILES string of the molecule is CC(C)n1cnc2c(NCc3cccnc3)nc(N[C@H](C)[C@@H](C)O)nc21. The third kappa shape index (κ3) is 3.91. The van der Waals surface area contributed by atoms with Crippen LogP contribution >= 0.6 is 0 Å². The van der Waals surface area contributed by atoms with Crippen molar-refractivity contribution in [3.05, 3.63) is 36.4 Å². The summed E-state index contributed by atoms with van der Waals surface area (Å²) in [6.07, 6.45) is 4.82. The minimum atomic E-state index is -0.517. The van der Waals surface area contributed by atoms with Crippen LogP contribution in [0.3, 0.4) is 0 Å². The third-order valence-electron chi connectivity index (χ3n) is 4.24. The number of hydrogen-bond donors (Lipinski definition) is 3. The second kappa shape index (κ2) is 7.65. The summed E-state index contributed by atoms with van der Waals surface area (Å²) in [6, 6.07) is 3.95. The highest BCUT2D eigenvalue weighted by Gasteiger charge is 2.17. The third-order valence-corrected chi connectivity index (χ3v) is 4.24. The molecule has 0 aromatic carbocycles. The van der Waals surface area contributed by atoms with Crippen molar-refractivity contribution in [2.75, 3.05) is 10.6 Å². The molecule has 2 atom stereocenters. The number of pyridine rings is 1. The molecule has 0 aliphatic carbocycles. The first kappa shape index (κ1) is 18.1. The first-order valence-electron chi connectivity index (χ1n) is 8.77. The molecule has 3 aromatic heterocycles. The molecule has 0 radical (unpaired) electrons. The van der Waals surface area contributed by atoms with E-state index in [1.54, 1.807) is 19.4 Å². The molecule has 26 heavy (non-hydrogen) atoms. The predicted octanol–water partition coefficient (Wildman–Crippen LogP) is 2.60. The van der Waals surface area contributed by atoms with Gasteiger partial charge in [-0.2, -0.15) is 9.97 Å². The van der Waals surface area contributed by atoms with Crippen LogP contribution in [-0.4, -0.2) is 41.8 Å². The molecule has 3 aromatic rings. The minimum absolute atomic E-state index is 0.172. The Labute approximate surface area is 152 Å². The van der Waals surface area contributed by atoms with E-state index in [9.17, 15) is 5.11 Å². The van der Waals surface area contributed by atoms with E-state index in [-0.39, 0.29) is 12.1 Å². The molecule has 0 unspecified atom stereocenters. The lowest BCUT2D eigenvalue weighted by molar-refractivity contribution is 0.177. The van der Waals surface area contributed by atoms with Gasteiger partial charge in [-0.1, -0.05) is 6.07 Å². The van der Waals surface area contributed by atoms with Crippen molar-refractivity contribution in [1.82, 2.24) is 24.5 Å². The number of rotatable bonds is 7. The zero-order valence-electron chi connectivity index (χ0n) is 15.5. The van der Waals surface area contributed by atoms with E-state index in [2.05, 4.69) is 44.4 Å².